The lowest BCUT2D eigenvalue weighted by atomic mass is 9.82. The molecule has 0 unspecified atom stereocenters. The maximum atomic E-state index is 9.84. The number of aromatic hydroxyl groups is 1. The Bertz CT molecular complexity index is 634. The normalized spacial score (nSPS) is 17.9. The quantitative estimate of drug-likeness (QED) is 0.886. The van der Waals surface area contributed by atoms with Crippen LogP contribution in [0.2, 0.25) is 0 Å². The summed E-state index contributed by atoms with van der Waals surface area (Å²) < 4.78 is 5.42. The molecule has 1 aliphatic carbocycles. The van der Waals surface area contributed by atoms with Crippen molar-refractivity contribution in [3.8, 4) is 17.1 Å². The van der Waals surface area contributed by atoms with E-state index < -0.39 is 5.54 Å². The number of hydrogen-bond acceptors (Lipinski definition) is 5. The molecule has 0 radical (unpaired) electrons. The van der Waals surface area contributed by atoms with Crippen molar-refractivity contribution in [1.29, 1.82) is 0 Å². The summed E-state index contributed by atoms with van der Waals surface area (Å²) in [5.74, 6) is 1.37. The zero-order valence-electron chi connectivity index (χ0n) is 12.5. The van der Waals surface area contributed by atoms with Gasteiger partial charge in [0.15, 0.2) is 0 Å². The number of phenolic OH excluding ortho intramolecular Hbond substituents is 1. The van der Waals surface area contributed by atoms with Crippen LogP contribution in [-0.4, -0.2) is 15.2 Å². The van der Waals surface area contributed by atoms with Crippen LogP contribution in [0, 0.1) is 13.8 Å². The largest absolute Gasteiger partial charge is 0.507 e. The molecule has 1 aromatic carbocycles. The summed E-state index contributed by atoms with van der Waals surface area (Å²) >= 11 is 0. The Morgan fingerprint density at radius 1 is 1.14 bits per heavy atom. The van der Waals surface area contributed by atoms with E-state index in [1.165, 1.54) is 6.42 Å². The molecular weight excluding hydrogens is 266 g/mol. The fourth-order valence-corrected chi connectivity index (χ4v) is 3.02. The van der Waals surface area contributed by atoms with Crippen molar-refractivity contribution in [1.82, 2.24) is 10.1 Å². The Morgan fingerprint density at radius 3 is 2.38 bits per heavy atom. The lowest BCUT2D eigenvalue weighted by Gasteiger charge is -2.29. The maximum absolute atomic E-state index is 9.84. The third-order valence-corrected chi connectivity index (χ3v) is 4.35. The van der Waals surface area contributed by atoms with Gasteiger partial charge < -0.3 is 15.4 Å². The highest BCUT2D eigenvalue weighted by Crippen LogP contribution is 2.35. The van der Waals surface area contributed by atoms with E-state index in [4.69, 9.17) is 10.3 Å². The van der Waals surface area contributed by atoms with Crippen molar-refractivity contribution in [2.45, 2.75) is 51.5 Å². The van der Waals surface area contributed by atoms with Crippen LogP contribution < -0.4 is 5.73 Å². The molecule has 0 bridgehead atoms. The molecule has 1 aromatic heterocycles. The van der Waals surface area contributed by atoms with Crippen molar-refractivity contribution in [2.75, 3.05) is 0 Å². The van der Waals surface area contributed by atoms with E-state index in [9.17, 15) is 5.11 Å². The first kappa shape index (κ1) is 14.1. The van der Waals surface area contributed by atoms with E-state index in [1.807, 2.05) is 26.0 Å². The zero-order chi connectivity index (χ0) is 15.0. The summed E-state index contributed by atoms with van der Waals surface area (Å²) in [6.07, 6.45) is 5.21. The summed E-state index contributed by atoms with van der Waals surface area (Å²) in [4.78, 5) is 4.50. The lowest BCUT2D eigenvalue weighted by Crippen LogP contribution is -2.38. The molecule has 21 heavy (non-hydrogen) atoms. The SMILES string of the molecule is Cc1cc(-c2noc(C3(N)CCCCC3)n2)cc(C)c1O. The van der Waals surface area contributed by atoms with Crippen LogP contribution in [0.1, 0.15) is 49.1 Å². The van der Waals surface area contributed by atoms with E-state index in [0.717, 1.165) is 42.4 Å². The summed E-state index contributed by atoms with van der Waals surface area (Å²) in [6.45, 7) is 3.72. The van der Waals surface area contributed by atoms with E-state index in [-0.39, 0.29) is 0 Å². The van der Waals surface area contributed by atoms with Gasteiger partial charge in [0.05, 0.1) is 5.54 Å². The van der Waals surface area contributed by atoms with E-state index >= 15 is 0 Å². The van der Waals surface area contributed by atoms with Gasteiger partial charge in [-0.15, -0.1) is 0 Å². The summed E-state index contributed by atoms with van der Waals surface area (Å²) in [7, 11) is 0. The molecule has 2 aromatic rings. The third-order valence-electron chi connectivity index (χ3n) is 4.35. The fourth-order valence-electron chi connectivity index (χ4n) is 3.02. The minimum absolute atomic E-state index is 0.310. The third kappa shape index (κ3) is 2.53. The first-order chi connectivity index (χ1) is 9.99. The summed E-state index contributed by atoms with van der Waals surface area (Å²) in [6, 6.07) is 3.72. The molecule has 0 saturated heterocycles. The van der Waals surface area contributed by atoms with Gasteiger partial charge in [-0.1, -0.05) is 24.4 Å². The van der Waals surface area contributed by atoms with Crippen LogP contribution in [0.15, 0.2) is 16.7 Å². The molecule has 0 aliphatic heterocycles. The van der Waals surface area contributed by atoms with Gasteiger partial charge in [-0.2, -0.15) is 4.98 Å². The van der Waals surface area contributed by atoms with Crippen LogP contribution in [0.3, 0.4) is 0 Å². The fraction of sp³-hybridized carbons (Fsp3) is 0.500. The molecule has 1 fully saturated rings. The highest BCUT2D eigenvalue weighted by atomic mass is 16.5. The molecule has 3 rings (SSSR count). The first-order valence-corrected chi connectivity index (χ1v) is 7.43. The second-order valence-electron chi connectivity index (χ2n) is 6.10. The average Bonchev–Trinajstić information content (AvgIpc) is 2.95. The Balaban J connectivity index is 1.95. The van der Waals surface area contributed by atoms with Gasteiger partial charge in [0.25, 0.3) is 0 Å². The van der Waals surface area contributed by atoms with Crippen LogP contribution in [0.25, 0.3) is 11.4 Å². The molecule has 3 N–H and O–H groups in total. The molecule has 0 amide bonds. The van der Waals surface area contributed by atoms with E-state index in [1.54, 1.807) is 0 Å². The Kier molecular flexibility index (Phi) is 3.45. The predicted molar refractivity (Wildman–Crippen MR) is 79.8 cm³/mol. The number of nitrogens with zero attached hydrogens (tertiary/aromatic N) is 2. The number of aryl methyl sites for hydroxylation is 2. The molecule has 1 heterocycles. The van der Waals surface area contributed by atoms with Crippen LogP contribution in [-0.2, 0) is 5.54 Å². The Labute approximate surface area is 124 Å². The second kappa shape index (κ2) is 5.15. The van der Waals surface area contributed by atoms with Crippen molar-refractivity contribution >= 4 is 0 Å². The van der Waals surface area contributed by atoms with Crippen molar-refractivity contribution in [3.05, 3.63) is 29.2 Å². The smallest absolute Gasteiger partial charge is 0.247 e. The molecule has 0 atom stereocenters. The molecule has 112 valence electrons. The Morgan fingerprint density at radius 2 is 1.76 bits per heavy atom. The number of hydrogen-bond donors (Lipinski definition) is 2. The predicted octanol–water partition coefficient (Wildman–Crippen LogP) is 3.18. The van der Waals surface area contributed by atoms with Crippen LogP contribution in [0.5, 0.6) is 5.75 Å². The lowest BCUT2D eigenvalue weighted by molar-refractivity contribution is 0.220. The van der Waals surface area contributed by atoms with Gasteiger partial charge in [0.2, 0.25) is 11.7 Å². The van der Waals surface area contributed by atoms with Gasteiger partial charge >= 0.3 is 0 Å². The number of phenols is 1. The topological polar surface area (TPSA) is 85.2 Å². The minimum atomic E-state index is -0.482. The summed E-state index contributed by atoms with van der Waals surface area (Å²) in [5, 5.41) is 13.9. The number of nitrogens with two attached hydrogens (primary N) is 1. The van der Waals surface area contributed by atoms with Gasteiger partial charge in [-0.05, 0) is 49.9 Å². The highest BCUT2D eigenvalue weighted by molar-refractivity contribution is 5.60. The van der Waals surface area contributed by atoms with Gasteiger partial charge in [0.1, 0.15) is 5.75 Å². The minimum Gasteiger partial charge on any atom is -0.507 e. The molecule has 5 heteroatoms. The zero-order valence-corrected chi connectivity index (χ0v) is 12.5. The van der Waals surface area contributed by atoms with Gasteiger partial charge in [-0.25, -0.2) is 0 Å². The van der Waals surface area contributed by atoms with Crippen molar-refractivity contribution in [3.63, 3.8) is 0 Å². The average molecular weight is 287 g/mol. The molecule has 1 aliphatic rings. The van der Waals surface area contributed by atoms with Gasteiger partial charge in [-0.3, -0.25) is 0 Å². The van der Waals surface area contributed by atoms with E-state index in [2.05, 4.69) is 10.1 Å². The van der Waals surface area contributed by atoms with E-state index in [0.29, 0.717) is 17.5 Å². The standard InChI is InChI=1S/C16H21N3O2/c1-10-8-12(9-11(2)13(10)20)14-18-15(21-19-14)16(17)6-4-3-5-7-16/h8-9,20H,3-7,17H2,1-2H3. The second-order valence-corrected chi connectivity index (χ2v) is 6.10. The van der Waals surface area contributed by atoms with Crippen LogP contribution >= 0.6 is 0 Å². The summed E-state index contributed by atoms with van der Waals surface area (Å²) in [5.41, 5.74) is 8.39. The number of rotatable bonds is 2. The monoisotopic (exact) mass is 287 g/mol. The highest BCUT2D eigenvalue weighted by Gasteiger charge is 2.35. The maximum Gasteiger partial charge on any atom is 0.247 e. The molecular formula is C16H21N3O2. The first-order valence-electron chi connectivity index (χ1n) is 7.43. The molecule has 0 spiro atoms. The Hall–Kier alpha value is -1.88. The van der Waals surface area contributed by atoms with Gasteiger partial charge in [0, 0.05) is 5.56 Å². The van der Waals surface area contributed by atoms with Crippen molar-refractivity contribution < 1.29 is 9.63 Å². The van der Waals surface area contributed by atoms with Crippen molar-refractivity contribution in [2.24, 2.45) is 5.73 Å². The number of aromatic nitrogens is 2. The molecule has 5 nitrogen and oxygen atoms in total. The number of benzene rings is 1. The molecule has 1 saturated carbocycles. The van der Waals surface area contributed by atoms with Crippen LogP contribution in [0.4, 0.5) is 0 Å².